The lowest BCUT2D eigenvalue weighted by molar-refractivity contribution is -0.142. The van der Waals surface area contributed by atoms with E-state index in [1.54, 1.807) is 0 Å². The first-order valence-corrected chi connectivity index (χ1v) is 8.20. The average Bonchev–Trinajstić information content (AvgIpc) is 2.41. The molecule has 110 valence electrons. The summed E-state index contributed by atoms with van der Waals surface area (Å²) in [4.78, 5) is 10.9. The van der Waals surface area contributed by atoms with Gasteiger partial charge in [0.2, 0.25) is 10.0 Å². The van der Waals surface area contributed by atoms with Crippen molar-refractivity contribution in [3.63, 3.8) is 0 Å². The fraction of sp³-hybridized carbons (Fsp3) is 0.417. The van der Waals surface area contributed by atoms with Gasteiger partial charge in [0.1, 0.15) is 4.90 Å². The molecule has 0 aromatic heterocycles. The first kappa shape index (κ1) is 15.6. The van der Waals surface area contributed by atoms with Gasteiger partial charge >= 0.3 is 5.97 Å². The minimum absolute atomic E-state index is 0.0412. The number of piperidine rings is 1. The number of carbonyl (C=O) groups is 1. The maximum absolute atomic E-state index is 12.5. The molecule has 0 bridgehead atoms. The van der Waals surface area contributed by atoms with Crippen LogP contribution in [0.3, 0.4) is 0 Å². The summed E-state index contributed by atoms with van der Waals surface area (Å²) >= 11 is 11.7. The number of sulfonamides is 1. The molecule has 0 saturated carbocycles. The number of halogens is 2. The van der Waals surface area contributed by atoms with E-state index in [9.17, 15) is 13.2 Å². The Hall–Kier alpha value is -0.820. The second kappa shape index (κ2) is 5.89. The fourth-order valence-corrected chi connectivity index (χ4v) is 4.44. The minimum atomic E-state index is -3.83. The van der Waals surface area contributed by atoms with Crippen LogP contribution in [-0.4, -0.2) is 36.9 Å². The number of carboxylic acids is 1. The predicted octanol–water partition coefficient (Wildman–Crippen LogP) is 2.48. The quantitative estimate of drug-likeness (QED) is 0.919. The number of rotatable bonds is 3. The molecule has 0 amide bonds. The van der Waals surface area contributed by atoms with Crippen molar-refractivity contribution in [2.24, 2.45) is 5.92 Å². The van der Waals surface area contributed by atoms with Crippen molar-refractivity contribution >= 4 is 39.2 Å². The van der Waals surface area contributed by atoms with Gasteiger partial charge in [-0.25, -0.2) is 8.42 Å². The zero-order chi connectivity index (χ0) is 14.9. The maximum Gasteiger partial charge on any atom is 0.307 e. The van der Waals surface area contributed by atoms with Crippen LogP contribution in [0.2, 0.25) is 10.0 Å². The largest absolute Gasteiger partial charge is 0.481 e. The van der Waals surface area contributed by atoms with E-state index >= 15 is 0 Å². The van der Waals surface area contributed by atoms with Gasteiger partial charge in [-0.15, -0.1) is 0 Å². The van der Waals surface area contributed by atoms with E-state index in [0.29, 0.717) is 12.8 Å². The highest BCUT2D eigenvalue weighted by molar-refractivity contribution is 7.89. The zero-order valence-corrected chi connectivity index (χ0v) is 12.7. The Labute approximate surface area is 127 Å². The number of nitrogens with zero attached hydrogens (tertiary/aromatic N) is 1. The van der Waals surface area contributed by atoms with Gasteiger partial charge in [-0.05, 0) is 31.0 Å². The zero-order valence-electron chi connectivity index (χ0n) is 10.4. The van der Waals surface area contributed by atoms with Gasteiger partial charge in [0, 0.05) is 18.1 Å². The third-order valence-corrected chi connectivity index (χ3v) is 5.83. The Bertz CT molecular complexity index is 632. The summed E-state index contributed by atoms with van der Waals surface area (Å²) in [6, 6.07) is 4.19. The summed E-state index contributed by atoms with van der Waals surface area (Å²) < 4.78 is 26.2. The normalized spacial score (nSPS) is 20.8. The van der Waals surface area contributed by atoms with Crippen molar-refractivity contribution in [3.05, 3.63) is 28.2 Å². The Balaban J connectivity index is 2.35. The third-order valence-electron chi connectivity index (χ3n) is 3.24. The van der Waals surface area contributed by atoms with Crippen molar-refractivity contribution in [2.75, 3.05) is 13.1 Å². The Morgan fingerprint density at radius 3 is 2.70 bits per heavy atom. The maximum atomic E-state index is 12.5. The monoisotopic (exact) mass is 337 g/mol. The van der Waals surface area contributed by atoms with Crippen molar-refractivity contribution in [1.29, 1.82) is 0 Å². The van der Waals surface area contributed by atoms with E-state index in [2.05, 4.69) is 0 Å². The predicted molar refractivity (Wildman–Crippen MR) is 75.6 cm³/mol. The fourth-order valence-electron chi connectivity index (χ4n) is 2.18. The summed E-state index contributed by atoms with van der Waals surface area (Å²) in [5.74, 6) is -1.67. The summed E-state index contributed by atoms with van der Waals surface area (Å²) in [5.41, 5.74) is 0. The van der Waals surface area contributed by atoms with Crippen LogP contribution in [0.4, 0.5) is 0 Å². The van der Waals surface area contributed by atoms with Gasteiger partial charge < -0.3 is 5.11 Å². The van der Waals surface area contributed by atoms with Gasteiger partial charge in [0.25, 0.3) is 0 Å². The number of carboxylic acid groups (broad SMARTS) is 1. The average molecular weight is 338 g/mol. The van der Waals surface area contributed by atoms with Crippen LogP contribution in [0.25, 0.3) is 0 Å². The van der Waals surface area contributed by atoms with Crippen LogP contribution in [0.1, 0.15) is 12.8 Å². The third kappa shape index (κ3) is 3.09. The highest BCUT2D eigenvalue weighted by Crippen LogP contribution is 2.30. The van der Waals surface area contributed by atoms with Crippen LogP contribution in [0, 0.1) is 5.92 Å². The van der Waals surface area contributed by atoms with Crippen molar-refractivity contribution in [1.82, 2.24) is 4.31 Å². The molecule has 1 saturated heterocycles. The molecule has 0 spiro atoms. The van der Waals surface area contributed by atoms with E-state index in [-0.39, 0.29) is 28.0 Å². The minimum Gasteiger partial charge on any atom is -0.481 e. The smallest absolute Gasteiger partial charge is 0.307 e. The first-order chi connectivity index (χ1) is 9.32. The molecule has 1 N–H and O–H groups in total. The van der Waals surface area contributed by atoms with Gasteiger partial charge in [-0.2, -0.15) is 4.31 Å². The van der Waals surface area contributed by atoms with Crippen LogP contribution in [0.5, 0.6) is 0 Å². The number of hydrogen-bond acceptors (Lipinski definition) is 3. The van der Waals surface area contributed by atoms with Gasteiger partial charge in [-0.1, -0.05) is 23.2 Å². The van der Waals surface area contributed by atoms with Crippen molar-refractivity contribution in [3.8, 4) is 0 Å². The van der Waals surface area contributed by atoms with Gasteiger partial charge in [-0.3, -0.25) is 4.79 Å². The Morgan fingerprint density at radius 1 is 1.35 bits per heavy atom. The van der Waals surface area contributed by atoms with E-state index in [4.69, 9.17) is 28.3 Å². The molecule has 0 unspecified atom stereocenters. The number of benzene rings is 1. The van der Waals surface area contributed by atoms with Crippen molar-refractivity contribution < 1.29 is 18.3 Å². The molecule has 1 aliphatic rings. The molecule has 1 aliphatic heterocycles. The molecule has 1 heterocycles. The molecular weight excluding hydrogens is 325 g/mol. The number of hydrogen-bond donors (Lipinski definition) is 1. The molecule has 1 aromatic carbocycles. The summed E-state index contributed by atoms with van der Waals surface area (Å²) in [7, 11) is -3.83. The van der Waals surface area contributed by atoms with E-state index < -0.39 is 21.9 Å². The van der Waals surface area contributed by atoms with E-state index in [1.165, 1.54) is 18.2 Å². The van der Waals surface area contributed by atoms with Crippen LogP contribution < -0.4 is 0 Å². The highest BCUT2D eigenvalue weighted by Gasteiger charge is 2.34. The van der Waals surface area contributed by atoms with Crippen LogP contribution in [-0.2, 0) is 14.8 Å². The van der Waals surface area contributed by atoms with E-state index in [1.807, 2.05) is 0 Å². The summed E-state index contributed by atoms with van der Waals surface area (Å²) in [6.07, 6.45) is 0.985. The molecule has 0 aliphatic carbocycles. The molecule has 1 atom stereocenters. The lowest BCUT2D eigenvalue weighted by Crippen LogP contribution is -2.42. The van der Waals surface area contributed by atoms with Crippen LogP contribution in [0.15, 0.2) is 23.1 Å². The molecule has 1 aromatic rings. The molecule has 20 heavy (non-hydrogen) atoms. The lowest BCUT2D eigenvalue weighted by Gasteiger charge is -2.30. The highest BCUT2D eigenvalue weighted by atomic mass is 35.5. The molecule has 0 radical (unpaired) electrons. The second-order valence-electron chi connectivity index (χ2n) is 4.62. The Kier molecular flexibility index (Phi) is 4.59. The summed E-state index contributed by atoms with van der Waals surface area (Å²) in [5, 5.41) is 9.36. The molecule has 2 rings (SSSR count). The molecule has 1 fully saturated rings. The topological polar surface area (TPSA) is 74.7 Å². The molecule has 8 heteroatoms. The number of aliphatic carboxylic acids is 1. The first-order valence-electron chi connectivity index (χ1n) is 6.00. The Morgan fingerprint density at radius 2 is 2.05 bits per heavy atom. The molecule has 5 nitrogen and oxygen atoms in total. The molecular formula is C12H13Cl2NO4S. The SMILES string of the molecule is O=C(O)[C@@H]1CCCN(S(=O)(=O)c2cc(Cl)ccc2Cl)C1. The van der Waals surface area contributed by atoms with Crippen LogP contribution >= 0.6 is 23.2 Å². The summed E-state index contributed by atoms with van der Waals surface area (Å²) in [6.45, 7) is 0.246. The lowest BCUT2D eigenvalue weighted by atomic mass is 10.0. The van der Waals surface area contributed by atoms with Gasteiger partial charge in [0.05, 0.1) is 10.9 Å². The standard InChI is InChI=1S/C12H13Cl2NO4S/c13-9-3-4-10(14)11(6-9)20(18,19)15-5-1-2-8(7-15)12(16)17/h3-4,6,8H,1-2,5,7H2,(H,16,17)/t8-/m1/s1. The second-order valence-corrected chi connectivity index (χ2v) is 7.37. The van der Waals surface area contributed by atoms with E-state index in [0.717, 1.165) is 4.31 Å². The van der Waals surface area contributed by atoms with Crippen molar-refractivity contribution in [2.45, 2.75) is 17.7 Å². The van der Waals surface area contributed by atoms with Gasteiger partial charge in [0.15, 0.2) is 0 Å².